The van der Waals surface area contributed by atoms with Crippen LogP contribution in [0.3, 0.4) is 0 Å². The molecule has 1 N–H and O–H groups in total. The number of carbonyl (C=O) groups excluding carboxylic acids is 1. The average molecular weight is 310 g/mol. The van der Waals surface area contributed by atoms with Gasteiger partial charge in [0.2, 0.25) is 0 Å². The summed E-state index contributed by atoms with van der Waals surface area (Å²) in [6.07, 6.45) is 1.65. The second-order valence-corrected chi connectivity index (χ2v) is 4.93. The SMILES string of the molecule is CCOc1ccc(/C=C2/N=C(c3ccccc3F)NC2=O)cc1. The molecule has 1 aliphatic rings. The van der Waals surface area contributed by atoms with Gasteiger partial charge in [-0.05, 0) is 42.8 Å². The van der Waals surface area contributed by atoms with Gasteiger partial charge in [0, 0.05) is 0 Å². The minimum Gasteiger partial charge on any atom is -0.494 e. The molecular formula is C18H15FN2O2. The maximum atomic E-state index is 13.8. The highest BCUT2D eigenvalue weighted by molar-refractivity contribution is 6.19. The molecule has 1 heterocycles. The molecule has 2 aromatic rings. The van der Waals surface area contributed by atoms with Crippen LogP contribution in [0.1, 0.15) is 18.1 Å². The lowest BCUT2D eigenvalue weighted by atomic mass is 10.2. The maximum absolute atomic E-state index is 13.8. The lowest BCUT2D eigenvalue weighted by Crippen LogP contribution is -2.25. The summed E-state index contributed by atoms with van der Waals surface area (Å²) in [6, 6.07) is 13.5. The number of benzene rings is 2. The van der Waals surface area contributed by atoms with Crippen molar-refractivity contribution >= 4 is 17.8 Å². The van der Waals surface area contributed by atoms with Crippen LogP contribution < -0.4 is 10.1 Å². The Morgan fingerprint density at radius 3 is 2.61 bits per heavy atom. The molecule has 1 aliphatic heterocycles. The monoisotopic (exact) mass is 310 g/mol. The predicted molar refractivity (Wildman–Crippen MR) is 86.7 cm³/mol. The van der Waals surface area contributed by atoms with Gasteiger partial charge in [-0.1, -0.05) is 24.3 Å². The fraction of sp³-hybridized carbons (Fsp3) is 0.111. The lowest BCUT2D eigenvalue weighted by Gasteiger charge is -2.02. The first kappa shape index (κ1) is 15.0. The van der Waals surface area contributed by atoms with Crippen molar-refractivity contribution in [2.24, 2.45) is 4.99 Å². The molecule has 0 radical (unpaired) electrons. The topological polar surface area (TPSA) is 50.7 Å². The number of hydrogen-bond donors (Lipinski definition) is 1. The van der Waals surface area contributed by atoms with Crippen molar-refractivity contribution < 1.29 is 13.9 Å². The molecule has 3 rings (SSSR count). The molecule has 23 heavy (non-hydrogen) atoms. The normalized spacial score (nSPS) is 15.5. The van der Waals surface area contributed by atoms with Gasteiger partial charge in [-0.15, -0.1) is 0 Å². The van der Waals surface area contributed by atoms with Crippen LogP contribution in [-0.4, -0.2) is 18.3 Å². The summed E-state index contributed by atoms with van der Waals surface area (Å²) in [7, 11) is 0. The number of amides is 1. The Hall–Kier alpha value is -2.95. The predicted octanol–water partition coefficient (Wildman–Crippen LogP) is 3.14. The molecule has 0 spiro atoms. The van der Waals surface area contributed by atoms with Gasteiger partial charge >= 0.3 is 0 Å². The Bertz CT molecular complexity index is 795. The summed E-state index contributed by atoms with van der Waals surface area (Å²) in [4.78, 5) is 16.2. The summed E-state index contributed by atoms with van der Waals surface area (Å²) in [5.41, 5.74) is 1.33. The quantitative estimate of drug-likeness (QED) is 0.882. The molecule has 0 unspecified atom stereocenters. The zero-order valence-corrected chi connectivity index (χ0v) is 12.5. The Morgan fingerprint density at radius 1 is 1.17 bits per heavy atom. The van der Waals surface area contributed by atoms with Crippen LogP contribution in [0.25, 0.3) is 6.08 Å². The molecule has 0 bridgehead atoms. The van der Waals surface area contributed by atoms with Crippen LogP contribution in [0.15, 0.2) is 59.2 Å². The van der Waals surface area contributed by atoms with E-state index in [0.717, 1.165) is 11.3 Å². The maximum Gasteiger partial charge on any atom is 0.275 e. The molecule has 4 nitrogen and oxygen atoms in total. The van der Waals surface area contributed by atoms with Gasteiger partial charge in [-0.2, -0.15) is 0 Å². The molecule has 1 amide bonds. The van der Waals surface area contributed by atoms with E-state index in [4.69, 9.17) is 4.74 Å². The van der Waals surface area contributed by atoms with Crippen molar-refractivity contribution in [2.75, 3.05) is 6.61 Å². The number of rotatable bonds is 4. The number of nitrogens with zero attached hydrogens (tertiary/aromatic N) is 1. The average Bonchev–Trinajstić information content (AvgIpc) is 2.91. The van der Waals surface area contributed by atoms with Crippen LogP contribution >= 0.6 is 0 Å². The minimum absolute atomic E-state index is 0.227. The fourth-order valence-corrected chi connectivity index (χ4v) is 2.23. The number of ether oxygens (including phenoxy) is 1. The van der Waals surface area contributed by atoms with E-state index in [2.05, 4.69) is 10.3 Å². The van der Waals surface area contributed by atoms with Gasteiger partial charge in [-0.25, -0.2) is 9.38 Å². The van der Waals surface area contributed by atoms with Crippen LogP contribution in [0, 0.1) is 5.82 Å². The first-order valence-corrected chi connectivity index (χ1v) is 7.27. The van der Waals surface area contributed by atoms with Gasteiger partial charge in [0.1, 0.15) is 23.1 Å². The molecule has 0 saturated carbocycles. The summed E-state index contributed by atoms with van der Waals surface area (Å²) < 4.78 is 19.1. The van der Waals surface area contributed by atoms with Crippen molar-refractivity contribution in [3.63, 3.8) is 0 Å². The highest BCUT2D eigenvalue weighted by Gasteiger charge is 2.22. The van der Waals surface area contributed by atoms with Crippen LogP contribution in [0.4, 0.5) is 4.39 Å². The van der Waals surface area contributed by atoms with E-state index in [-0.39, 0.29) is 23.0 Å². The number of halogens is 1. The molecular weight excluding hydrogens is 295 g/mol. The van der Waals surface area contributed by atoms with Gasteiger partial charge < -0.3 is 10.1 Å². The van der Waals surface area contributed by atoms with E-state index in [1.54, 1.807) is 24.3 Å². The third-order valence-electron chi connectivity index (χ3n) is 3.32. The summed E-state index contributed by atoms with van der Waals surface area (Å²) >= 11 is 0. The van der Waals surface area contributed by atoms with E-state index < -0.39 is 5.82 Å². The molecule has 0 aromatic heterocycles. The summed E-state index contributed by atoms with van der Waals surface area (Å²) in [5, 5.41) is 2.59. The molecule has 2 aromatic carbocycles. The number of nitrogens with one attached hydrogen (secondary N) is 1. The fourth-order valence-electron chi connectivity index (χ4n) is 2.23. The number of amidine groups is 1. The van der Waals surface area contributed by atoms with Gasteiger partial charge in [0.15, 0.2) is 0 Å². The van der Waals surface area contributed by atoms with Gasteiger partial charge in [0.25, 0.3) is 5.91 Å². The number of aliphatic imine (C=N–C) groups is 1. The largest absolute Gasteiger partial charge is 0.494 e. The van der Waals surface area contributed by atoms with Gasteiger partial charge in [-0.3, -0.25) is 4.79 Å². The first-order chi connectivity index (χ1) is 11.2. The Balaban J connectivity index is 1.87. The number of hydrogen-bond acceptors (Lipinski definition) is 3. The van der Waals surface area contributed by atoms with E-state index in [9.17, 15) is 9.18 Å². The smallest absolute Gasteiger partial charge is 0.275 e. The van der Waals surface area contributed by atoms with Crippen molar-refractivity contribution in [3.8, 4) is 5.75 Å². The van der Waals surface area contributed by atoms with E-state index in [1.165, 1.54) is 6.07 Å². The summed E-state index contributed by atoms with van der Waals surface area (Å²) in [6.45, 7) is 2.51. The van der Waals surface area contributed by atoms with E-state index in [0.29, 0.717) is 6.61 Å². The molecule has 0 fully saturated rings. The Kier molecular flexibility index (Phi) is 4.19. The molecule has 116 valence electrons. The zero-order chi connectivity index (χ0) is 16.2. The standard InChI is InChI=1S/C18H15FN2O2/c1-2-23-13-9-7-12(8-10-13)11-16-18(22)21-17(20-16)14-5-3-4-6-15(14)19/h3-11H,2H2,1H3,(H,20,21,22)/b16-11+. The third kappa shape index (κ3) is 3.29. The molecule has 0 atom stereocenters. The Morgan fingerprint density at radius 2 is 1.91 bits per heavy atom. The van der Waals surface area contributed by atoms with Crippen molar-refractivity contribution in [2.45, 2.75) is 6.92 Å². The minimum atomic E-state index is -0.422. The number of carbonyl (C=O) groups is 1. The second kappa shape index (κ2) is 6.44. The third-order valence-corrected chi connectivity index (χ3v) is 3.32. The van der Waals surface area contributed by atoms with Crippen molar-refractivity contribution in [3.05, 3.63) is 71.2 Å². The van der Waals surface area contributed by atoms with Crippen LogP contribution in [-0.2, 0) is 4.79 Å². The van der Waals surface area contributed by atoms with Crippen molar-refractivity contribution in [1.29, 1.82) is 0 Å². The van der Waals surface area contributed by atoms with Crippen LogP contribution in [0.2, 0.25) is 0 Å². The summed E-state index contributed by atoms with van der Waals surface area (Å²) in [5.74, 6) is 0.220. The second-order valence-electron chi connectivity index (χ2n) is 4.93. The molecule has 0 saturated heterocycles. The Labute approximate surface area is 133 Å². The van der Waals surface area contributed by atoms with E-state index in [1.807, 2.05) is 31.2 Å². The highest BCUT2D eigenvalue weighted by Crippen LogP contribution is 2.18. The zero-order valence-electron chi connectivity index (χ0n) is 12.5. The first-order valence-electron chi connectivity index (χ1n) is 7.27. The highest BCUT2D eigenvalue weighted by atomic mass is 19.1. The van der Waals surface area contributed by atoms with Crippen LogP contribution in [0.5, 0.6) is 5.75 Å². The van der Waals surface area contributed by atoms with E-state index >= 15 is 0 Å². The molecule has 5 heteroatoms. The lowest BCUT2D eigenvalue weighted by molar-refractivity contribution is -0.115. The molecule has 0 aliphatic carbocycles. The van der Waals surface area contributed by atoms with Gasteiger partial charge in [0.05, 0.1) is 12.2 Å². The van der Waals surface area contributed by atoms with Crippen molar-refractivity contribution in [1.82, 2.24) is 5.32 Å².